The summed E-state index contributed by atoms with van der Waals surface area (Å²) in [5, 5.41) is 0.871. The SMILES string of the molecule is COc1ccc(-c2ncc(C(=O)N3CCC(CSC)C3)s2)cc1. The Morgan fingerprint density at radius 1 is 1.43 bits per heavy atom. The molecule has 1 aliphatic heterocycles. The van der Waals surface area contributed by atoms with E-state index in [0.717, 1.165) is 46.5 Å². The number of thiazole rings is 1. The van der Waals surface area contributed by atoms with Gasteiger partial charge in [-0.1, -0.05) is 0 Å². The van der Waals surface area contributed by atoms with Crippen LogP contribution in [0.5, 0.6) is 5.75 Å². The monoisotopic (exact) mass is 348 g/mol. The summed E-state index contributed by atoms with van der Waals surface area (Å²) in [7, 11) is 1.65. The molecule has 0 bridgehead atoms. The summed E-state index contributed by atoms with van der Waals surface area (Å²) in [4.78, 5) is 19.7. The number of carbonyl (C=O) groups is 1. The molecule has 1 saturated heterocycles. The van der Waals surface area contributed by atoms with E-state index in [2.05, 4.69) is 11.2 Å². The van der Waals surface area contributed by atoms with Gasteiger partial charge in [0.15, 0.2) is 0 Å². The molecule has 1 fully saturated rings. The molecule has 1 aliphatic rings. The molecule has 1 aromatic heterocycles. The van der Waals surface area contributed by atoms with E-state index in [0.29, 0.717) is 5.92 Å². The Balaban J connectivity index is 1.70. The van der Waals surface area contributed by atoms with Crippen LogP contribution in [-0.4, -0.2) is 48.0 Å². The van der Waals surface area contributed by atoms with Crippen LogP contribution in [0.3, 0.4) is 0 Å². The lowest BCUT2D eigenvalue weighted by Crippen LogP contribution is -2.28. The largest absolute Gasteiger partial charge is 0.497 e. The lowest BCUT2D eigenvalue weighted by molar-refractivity contribution is 0.0793. The topological polar surface area (TPSA) is 42.4 Å². The number of carbonyl (C=O) groups excluding carboxylic acids is 1. The van der Waals surface area contributed by atoms with Crippen LogP contribution in [0.1, 0.15) is 16.1 Å². The van der Waals surface area contributed by atoms with Gasteiger partial charge in [-0.3, -0.25) is 4.79 Å². The molecule has 122 valence electrons. The smallest absolute Gasteiger partial charge is 0.265 e. The highest BCUT2D eigenvalue weighted by molar-refractivity contribution is 7.98. The number of likely N-dealkylation sites (tertiary alicyclic amines) is 1. The van der Waals surface area contributed by atoms with Crippen molar-refractivity contribution in [1.82, 2.24) is 9.88 Å². The summed E-state index contributed by atoms with van der Waals surface area (Å²) in [6.45, 7) is 1.73. The zero-order chi connectivity index (χ0) is 16.2. The molecule has 23 heavy (non-hydrogen) atoms. The molecular formula is C17H20N2O2S2. The van der Waals surface area contributed by atoms with E-state index in [1.165, 1.54) is 11.3 Å². The summed E-state index contributed by atoms with van der Waals surface area (Å²) in [5.74, 6) is 2.69. The third-order valence-corrected chi connectivity index (χ3v) is 5.87. The van der Waals surface area contributed by atoms with Crippen molar-refractivity contribution in [2.45, 2.75) is 6.42 Å². The molecule has 2 heterocycles. The lowest BCUT2D eigenvalue weighted by atomic mass is 10.2. The van der Waals surface area contributed by atoms with E-state index in [1.54, 1.807) is 13.3 Å². The molecule has 1 aromatic carbocycles. The van der Waals surface area contributed by atoms with Crippen LogP contribution in [0.25, 0.3) is 10.6 Å². The van der Waals surface area contributed by atoms with Gasteiger partial charge in [0, 0.05) is 18.7 Å². The molecule has 0 saturated carbocycles. The fraction of sp³-hybridized carbons (Fsp3) is 0.412. The summed E-state index contributed by atoms with van der Waals surface area (Å²) in [6, 6.07) is 7.75. The first-order chi connectivity index (χ1) is 11.2. The van der Waals surface area contributed by atoms with Gasteiger partial charge in [0.2, 0.25) is 0 Å². The molecule has 1 amide bonds. The maximum atomic E-state index is 12.6. The molecule has 0 spiro atoms. The minimum Gasteiger partial charge on any atom is -0.497 e. The van der Waals surface area contributed by atoms with Crippen LogP contribution in [-0.2, 0) is 0 Å². The van der Waals surface area contributed by atoms with Crippen molar-refractivity contribution in [3.8, 4) is 16.3 Å². The van der Waals surface area contributed by atoms with Crippen molar-refractivity contribution >= 4 is 29.0 Å². The van der Waals surface area contributed by atoms with E-state index < -0.39 is 0 Å². The summed E-state index contributed by atoms with van der Waals surface area (Å²) < 4.78 is 5.17. The Bertz CT molecular complexity index is 669. The second kappa shape index (κ2) is 7.36. The van der Waals surface area contributed by atoms with E-state index >= 15 is 0 Å². The van der Waals surface area contributed by atoms with Gasteiger partial charge in [0.25, 0.3) is 5.91 Å². The number of methoxy groups -OCH3 is 1. The summed E-state index contributed by atoms with van der Waals surface area (Å²) >= 11 is 3.32. The van der Waals surface area contributed by atoms with E-state index in [9.17, 15) is 4.79 Å². The number of nitrogens with zero attached hydrogens (tertiary/aromatic N) is 2. The van der Waals surface area contributed by atoms with Gasteiger partial charge < -0.3 is 9.64 Å². The molecule has 1 atom stereocenters. The van der Waals surface area contributed by atoms with E-state index in [-0.39, 0.29) is 5.91 Å². The van der Waals surface area contributed by atoms with Crippen LogP contribution < -0.4 is 4.74 Å². The van der Waals surface area contributed by atoms with Gasteiger partial charge in [-0.05, 0) is 48.6 Å². The molecule has 2 aromatic rings. The van der Waals surface area contributed by atoms with Crippen molar-refractivity contribution in [3.05, 3.63) is 35.3 Å². The average Bonchev–Trinajstić information content (AvgIpc) is 3.24. The molecule has 6 heteroatoms. The minimum absolute atomic E-state index is 0.117. The van der Waals surface area contributed by atoms with Crippen LogP contribution in [0.15, 0.2) is 30.5 Å². The Morgan fingerprint density at radius 3 is 2.91 bits per heavy atom. The predicted molar refractivity (Wildman–Crippen MR) is 96.5 cm³/mol. The molecular weight excluding hydrogens is 328 g/mol. The maximum Gasteiger partial charge on any atom is 0.265 e. The zero-order valence-electron chi connectivity index (χ0n) is 13.3. The molecule has 0 aliphatic carbocycles. The highest BCUT2D eigenvalue weighted by atomic mass is 32.2. The van der Waals surface area contributed by atoms with Crippen molar-refractivity contribution in [3.63, 3.8) is 0 Å². The fourth-order valence-electron chi connectivity index (χ4n) is 2.78. The molecule has 0 N–H and O–H groups in total. The molecule has 4 nitrogen and oxygen atoms in total. The fourth-order valence-corrected chi connectivity index (χ4v) is 4.42. The second-order valence-corrected chi connectivity index (χ2v) is 7.56. The quantitative estimate of drug-likeness (QED) is 0.827. The van der Waals surface area contributed by atoms with Gasteiger partial charge >= 0.3 is 0 Å². The number of rotatable bonds is 5. The number of hydrogen-bond donors (Lipinski definition) is 0. The lowest BCUT2D eigenvalue weighted by Gasteiger charge is -2.14. The normalized spacial score (nSPS) is 17.5. The van der Waals surface area contributed by atoms with Gasteiger partial charge in [-0.25, -0.2) is 4.98 Å². The van der Waals surface area contributed by atoms with Gasteiger partial charge in [-0.2, -0.15) is 11.8 Å². The summed E-state index contributed by atoms with van der Waals surface area (Å²) in [5.41, 5.74) is 1.01. The van der Waals surface area contributed by atoms with E-state index in [4.69, 9.17) is 4.74 Å². The Labute approximate surface area is 144 Å². The highest BCUT2D eigenvalue weighted by Crippen LogP contribution is 2.29. The summed E-state index contributed by atoms with van der Waals surface area (Å²) in [6.07, 6.45) is 4.93. The van der Waals surface area contributed by atoms with Crippen LogP contribution >= 0.6 is 23.1 Å². The number of ether oxygens (including phenoxy) is 1. The van der Waals surface area contributed by atoms with Gasteiger partial charge in [0.05, 0.1) is 13.3 Å². The Kier molecular flexibility index (Phi) is 5.23. The van der Waals surface area contributed by atoms with Crippen LogP contribution in [0.4, 0.5) is 0 Å². The third-order valence-electron chi connectivity index (χ3n) is 4.03. The third kappa shape index (κ3) is 3.70. The van der Waals surface area contributed by atoms with Crippen molar-refractivity contribution in [2.75, 3.05) is 32.2 Å². The highest BCUT2D eigenvalue weighted by Gasteiger charge is 2.27. The van der Waals surface area contributed by atoms with Crippen molar-refractivity contribution < 1.29 is 9.53 Å². The number of benzene rings is 1. The predicted octanol–water partition coefficient (Wildman–Crippen LogP) is 3.64. The second-order valence-electron chi connectivity index (χ2n) is 5.62. The number of amides is 1. The van der Waals surface area contributed by atoms with Crippen molar-refractivity contribution in [2.24, 2.45) is 5.92 Å². The average molecular weight is 348 g/mol. The van der Waals surface area contributed by atoms with Gasteiger partial charge in [0.1, 0.15) is 15.6 Å². The first-order valence-electron chi connectivity index (χ1n) is 7.59. The molecule has 0 radical (unpaired) electrons. The number of thioether (sulfide) groups is 1. The number of hydrogen-bond acceptors (Lipinski definition) is 5. The van der Waals surface area contributed by atoms with Crippen LogP contribution in [0.2, 0.25) is 0 Å². The Hall–Kier alpha value is -1.53. The van der Waals surface area contributed by atoms with Gasteiger partial charge in [-0.15, -0.1) is 11.3 Å². The van der Waals surface area contributed by atoms with Crippen LogP contribution in [0, 0.1) is 5.92 Å². The van der Waals surface area contributed by atoms with E-state index in [1.807, 2.05) is 40.9 Å². The van der Waals surface area contributed by atoms with Crippen molar-refractivity contribution in [1.29, 1.82) is 0 Å². The maximum absolute atomic E-state index is 12.6. The Morgan fingerprint density at radius 2 is 2.22 bits per heavy atom. The molecule has 3 rings (SSSR count). The minimum atomic E-state index is 0.117. The number of aromatic nitrogens is 1. The standard InChI is InChI=1S/C17H20N2O2S2/c1-21-14-5-3-13(4-6-14)16-18-9-15(23-16)17(20)19-8-7-12(10-19)11-22-2/h3-6,9,12H,7-8,10-11H2,1-2H3. The first-order valence-corrected chi connectivity index (χ1v) is 9.80. The first kappa shape index (κ1) is 16.3. The zero-order valence-corrected chi connectivity index (χ0v) is 15.0. The molecule has 1 unspecified atom stereocenters.